The first-order valence-corrected chi connectivity index (χ1v) is 5.13. The average Bonchev–Trinajstić information content (AvgIpc) is 2.10. The molecule has 0 saturated heterocycles. The lowest BCUT2D eigenvalue weighted by molar-refractivity contribution is 0.465. The Morgan fingerprint density at radius 3 is 2.79 bits per heavy atom. The predicted molar refractivity (Wildman–Crippen MR) is 59.4 cm³/mol. The van der Waals surface area contributed by atoms with E-state index in [4.69, 9.17) is 5.73 Å². The van der Waals surface area contributed by atoms with Crippen LogP contribution in [0.1, 0.15) is 30.9 Å². The smallest absolute Gasteiger partial charge is 0.118 e. The highest BCUT2D eigenvalue weighted by molar-refractivity contribution is 5.35. The molecule has 1 aromatic rings. The van der Waals surface area contributed by atoms with E-state index in [1.54, 1.807) is 6.07 Å². The Hall–Kier alpha value is -1.02. The molecule has 0 saturated carbocycles. The van der Waals surface area contributed by atoms with Crippen molar-refractivity contribution in [2.24, 2.45) is 5.73 Å². The Morgan fingerprint density at radius 1 is 1.43 bits per heavy atom. The van der Waals surface area contributed by atoms with Crippen LogP contribution < -0.4 is 5.73 Å². The molecular weight excluding hydrogens is 174 g/mol. The Bertz CT molecular complexity index is 294. The summed E-state index contributed by atoms with van der Waals surface area (Å²) in [7, 11) is 0. The van der Waals surface area contributed by atoms with Gasteiger partial charge in [0.05, 0.1) is 0 Å². The summed E-state index contributed by atoms with van der Waals surface area (Å²) in [6.07, 6.45) is 2.96. The Kier molecular flexibility index (Phi) is 3.96. The summed E-state index contributed by atoms with van der Waals surface area (Å²) in [6, 6.07) is 5.97. The monoisotopic (exact) mass is 193 g/mol. The molecule has 0 heterocycles. The Labute approximate surface area is 85.8 Å². The Morgan fingerprint density at radius 2 is 2.14 bits per heavy atom. The fraction of sp³-hybridized carbons (Fsp3) is 0.500. The molecule has 0 fully saturated rings. The van der Waals surface area contributed by atoms with Gasteiger partial charge in [0.1, 0.15) is 5.75 Å². The lowest BCUT2D eigenvalue weighted by Gasteiger charge is -2.07. The molecule has 0 aliphatic heterocycles. The van der Waals surface area contributed by atoms with Gasteiger partial charge in [0.25, 0.3) is 0 Å². The van der Waals surface area contributed by atoms with E-state index in [-0.39, 0.29) is 6.04 Å². The number of phenolic OH excluding ortho intramolecular Hbond substituents is 1. The first-order chi connectivity index (χ1) is 6.59. The van der Waals surface area contributed by atoms with Crippen LogP contribution in [0.3, 0.4) is 0 Å². The minimum absolute atomic E-state index is 0.252. The molecular formula is C12H19NO. The normalized spacial score (nSPS) is 12.8. The van der Waals surface area contributed by atoms with Gasteiger partial charge < -0.3 is 10.8 Å². The van der Waals surface area contributed by atoms with Crippen molar-refractivity contribution in [3.8, 4) is 5.75 Å². The summed E-state index contributed by atoms with van der Waals surface area (Å²) in [4.78, 5) is 0. The lowest BCUT2D eigenvalue weighted by atomic mass is 10.0. The zero-order chi connectivity index (χ0) is 10.6. The van der Waals surface area contributed by atoms with Gasteiger partial charge in [-0.25, -0.2) is 0 Å². The van der Waals surface area contributed by atoms with Crippen LogP contribution in [0, 0.1) is 6.92 Å². The van der Waals surface area contributed by atoms with Crippen molar-refractivity contribution < 1.29 is 5.11 Å². The van der Waals surface area contributed by atoms with Gasteiger partial charge in [0.2, 0.25) is 0 Å². The number of nitrogens with two attached hydrogens (primary N) is 1. The van der Waals surface area contributed by atoms with Gasteiger partial charge in [-0.15, -0.1) is 0 Å². The molecule has 0 aromatic heterocycles. The molecule has 3 N–H and O–H groups in total. The number of rotatable bonds is 4. The lowest BCUT2D eigenvalue weighted by Crippen LogP contribution is -2.14. The number of benzene rings is 1. The van der Waals surface area contributed by atoms with Gasteiger partial charge in [-0.2, -0.15) is 0 Å². The van der Waals surface area contributed by atoms with E-state index in [1.807, 2.05) is 26.0 Å². The molecule has 0 aliphatic carbocycles. The van der Waals surface area contributed by atoms with Crippen molar-refractivity contribution in [1.29, 1.82) is 0 Å². The van der Waals surface area contributed by atoms with Crippen LogP contribution >= 0.6 is 0 Å². The van der Waals surface area contributed by atoms with E-state index in [2.05, 4.69) is 0 Å². The van der Waals surface area contributed by atoms with Crippen molar-refractivity contribution in [2.45, 2.75) is 39.2 Å². The maximum atomic E-state index is 9.57. The molecule has 1 aromatic carbocycles. The highest BCUT2D eigenvalue weighted by Gasteiger charge is 2.02. The second kappa shape index (κ2) is 5.01. The SMILES string of the molecule is Cc1ccc(O)c(CCCC(C)N)c1. The van der Waals surface area contributed by atoms with E-state index in [0.29, 0.717) is 5.75 Å². The fourth-order valence-electron chi connectivity index (χ4n) is 1.53. The molecule has 0 amide bonds. The third-order valence-corrected chi connectivity index (χ3v) is 2.34. The van der Waals surface area contributed by atoms with Gasteiger partial charge in [-0.05, 0) is 44.7 Å². The van der Waals surface area contributed by atoms with Crippen molar-refractivity contribution in [3.63, 3.8) is 0 Å². The second-order valence-electron chi connectivity index (χ2n) is 4.00. The number of phenols is 1. The number of hydrogen-bond acceptors (Lipinski definition) is 2. The molecule has 0 radical (unpaired) electrons. The molecule has 14 heavy (non-hydrogen) atoms. The van der Waals surface area contributed by atoms with E-state index in [9.17, 15) is 5.11 Å². The molecule has 2 nitrogen and oxygen atoms in total. The summed E-state index contributed by atoms with van der Waals surface area (Å²) in [5.41, 5.74) is 7.89. The molecule has 0 bridgehead atoms. The zero-order valence-corrected chi connectivity index (χ0v) is 8.96. The highest BCUT2D eigenvalue weighted by Crippen LogP contribution is 2.20. The second-order valence-corrected chi connectivity index (χ2v) is 4.00. The maximum Gasteiger partial charge on any atom is 0.118 e. The summed E-state index contributed by atoms with van der Waals surface area (Å²) in [6.45, 7) is 4.05. The van der Waals surface area contributed by atoms with Gasteiger partial charge in [-0.3, -0.25) is 0 Å². The quantitative estimate of drug-likeness (QED) is 0.771. The van der Waals surface area contributed by atoms with Crippen LogP contribution in [0.15, 0.2) is 18.2 Å². The van der Waals surface area contributed by atoms with Crippen LogP contribution in [0.5, 0.6) is 5.75 Å². The predicted octanol–water partition coefficient (Wildman–Crippen LogP) is 2.37. The highest BCUT2D eigenvalue weighted by atomic mass is 16.3. The van der Waals surface area contributed by atoms with E-state index in [1.165, 1.54) is 5.56 Å². The maximum absolute atomic E-state index is 9.57. The van der Waals surface area contributed by atoms with Crippen molar-refractivity contribution in [1.82, 2.24) is 0 Å². The Balaban J connectivity index is 2.53. The van der Waals surface area contributed by atoms with Crippen molar-refractivity contribution in [3.05, 3.63) is 29.3 Å². The fourth-order valence-corrected chi connectivity index (χ4v) is 1.53. The first kappa shape index (κ1) is 11.1. The molecule has 0 aliphatic rings. The average molecular weight is 193 g/mol. The van der Waals surface area contributed by atoms with E-state index in [0.717, 1.165) is 24.8 Å². The van der Waals surface area contributed by atoms with E-state index >= 15 is 0 Å². The molecule has 2 heteroatoms. The first-order valence-electron chi connectivity index (χ1n) is 5.13. The minimum Gasteiger partial charge on any atom is -0.508 e. The molecule has 1 unspecified atom stereocenters. The molecule has 0 spiro atoms. The summed E-state index contributed by atoms with van der Waals surface area (Å²) >= 11 is 0. The van der Waals surface area contributed by atoms with Crippen molar-refractivity contribution in [2.75, 3.05) is 0 Å². The van der Waals surface area contributed by atoms with Crippen LogP contribution in [0.25, 0.3) is 0 Å². The largest absolute Gasteiger partial charge is 0.508 e. The summed E-state index contributed by atoms with van der Waals surface area (Å²) < 4.78 is 0. The summed E-state index contributed by atoms with van der Waals surface area (Å²) in [5, 5.41) is 9.57. The van der Waals surface area contributed by atoms with Crippen LogP contribution in [-0.2, 0) is 6.42 Å². The van der Waals surface area contributed by atoms with Gasteiger partial charge >= 0.3 is 0 Å². The van der Waals surface area contributed by atoms with Gasteiger partial charge in [0, 0.05) is 6.04 Å². The number of aryl methyl sites for hydroxylation is 2. The zero-order valence-electron chi connectivity index (χ0n) is 8.96. The standard InChI is InChI=1S/C12H19NO/c1-9-6-7-12(14)11(8-9)5-3-4-10(2)13/h6-8,10,14H,3-5,13H2,1-2H3. The number of hydrogen-bond donors (Lipinski definition) is 2. The van der Waals surface area contributed by atoms with Crippen LogP contribution in [0.2, 0.25) is 0 Å². The third-order valence-electron chi connectivity index (χ3n) is 2.34. The van der Waals surface area contributed by atoms with Gasteiger partial charge in [-0.1, -0.05) is 17.7 Å². The topological polar surface area (TPSA) is 46.2 Å². The van der Waals surface area contributed by atoms with Crippen molar-refractivity contribution >= 4 is 0 Å². The van der Waals surface area contributed by atoms with Crippen LogP contribution in [-0.4, -0.2) is 11.1 Å². The van der Waals surface area contributed by atoms with E-state index < -0.39 is 0 Å². The number of aromatic hydroxyl groups is 1. The minimum atomic E-state index is 0.252. The molecule has 1 atom stereocenters. The van der Waals surface area contributed by atoms with Gasteiger partial charge in [0.15, 0.2) is 0 Å². The molecule has 78 valence electrons. The third kappa shape index (κ3) is 3.38. The summed E-state index contributed by atoms with van der Waals surface area (Å²) in [5.74, 6) is 0.403. The van der Waals surface area contributed by atoms with Crippen LogP contribution in [0.4, 0.5) is 0 Å². The molecule has 1 rings (SSSR count).